The first-order chi connectivity index (χ1) is 9.40. The Morgan fingerprint density at radius 3 is 2.80 bits per heavy atom. The highest BCUT2D eigenvalue weighted by Gasteiger charge is 2.27. The minimum atomic E-state index is 0.208. The molecule has 1 aromatic rings. The number of nitrogens with zero attached hydrogens (tertiary/aromatic N) is 1. The summed E-state index contributed by atoms with van der Waals surface area (Å²) in [5.74, 6) is 1.94. The topological polar surface area (TPSA) is 33.6 Å². The van der Waals surface area contributed by atoms with Crippen molar-refractivity contribution in [1.29, 1.82) is 0 Å². The molecule has 5 heteroatoms. The minimum absolute atomic E-state index is 0.208. The van der Waals surface area contributed by atoms with Crippen molar-refractivity contribution in [2.75, 3.05) is 18.2 Å². The second-order valence-electron chi connectivity index (χ2n) is 5.92. The Morgan fingerprint density at radius 2 is 2.15 bits per heavy atom. The molecular weight excluding hydrogens is 336 g/mol. The van der Waals surface area contributed by atoms with E-state index in [-0.39, 0.29) is 5.41 Å². The third kappa shape index (κ3) is 3.92. The number of halogens is 1. The van der Waals surface area contributed by atoms with Crippen molar-refractivity contribution < 1.29 is 4.74 Å². The van der Waals surface area contributed by atoms with Crippen molar-refractivity contribution in [1.82, 2.24) is 0 Å². The van der Waals surface area contributed by atoms with Gasteiger partial charge in [-0.15, -0.1) is 0 Å². The highest BCUT2D eigenvalue weighted by molar-refractivity contribution is 9.10. The van der Waals surface area contributed by atoms with Crippen LogP contribution in [-0.2, 0) is 0 Å². The van der Waals surface area contributed by atoms with E-state index in [1.54, 1.807) is 18.9 Å². The zero-order chi connectivity index (χ0) is 14.8. The van der Waals surface area contributed by atoms with Crippen LogP contribution < -0.4 is 10.1 Å². The first kappa shape index (κ1) is 15.7. The van der Waals surface area contributed by atoms with Crippen LogP contribution in [0.25, 0.3) is 0 Å². The number of aliphatic imine (C=N–C) groups is 1. The summed E-state index contributed by atoms with van der Waals surface area (Å²) in [7, 11) is 1.68. The van der Waals surface area contributed by atoms with Gasteiger partial charge < -0.3 is 10.1 Å². The molecule has 1 aromatic carbocycles. The van der Waals surface area contributed by atoms with Crippen molar-refractivity contribution in [3.05, 3.63) is 22.7 Å². The second-order valence-corrected chi connectivity index (χ2v) is 7.86. The quantitative estimate of drug-likeness (QED) is 0.827. The molecular formula is C15H21BrN2OS. The fraction of sp³-hybridized carbons (Fsp3) is 0.533. The average Bonchev–Trinajstić information content (AvgIpc) is 2.41. The molecule has 0 saturated carbocycles. The average molecular weight is 357 g/mol. The van der Waals surface area contributed by atoms with Crippen molar-refractivity contribution >= 4 is 38.5 Å². The molecule has 20 heavy (non-hydrogen) atoms. The van der Waals surface area contributed by atoms with E-state index in [2.05, 4.69) is 42.0 Å². The fourth-order valence-electron chi connectivity index (χ4n) is 2.05. The highest BCUT2D eigenvalue weighted by atomic mass is 79.9. The lowest BCUT2D eigenvalue weighted by Gasteiger charge is -2.31. The van der Waals surface area contributed by atoms with Crippen LogP contribution in [0.2, 0.25) is 0 Å². The van der Waals surface area contributed by atoms with Gasteiger partial charge in [0, 0.05) is 16.3 Å². The largest absolute Gasteiger partial charge is 0.497 e. The predicted molar refractivity (Wildman–Crippen MR) is 92.1 cm³/mol. The summed E-state index contributed by atoms with van der Waals surface area (Å²) in [5, 5.41) is 4.40. The summed E-state index contributed by atoms with van der Waals surface area (Å²) in [5.41, 5.74) is 1.20. The van der Waals surface area contributed by atoms with E-state index in [0.717, 1.165) is 33.3 Å². The van der Waals surface area contributed by atoms with Gasteiger partial charge in [-0.05, 0) is 39.9 Å². The molecule has 0 spiro atoms. The van der Waals surface area contributed by atoms with Gasteiger partial charge in [-0.1, -0.05) is 32.5 Å². The lowest BCUT2D eigenvalue weighted by Crippen LogP contribution is -2.30. The van der Waals surface area contributed by atoms with E-state index in [4.69, 9.17) is 9.73 Å². The first-order valence-electron chi connectivity index (χ1n) is 6.71. The Hall–Kier alpha value is -0.680. The van der Waals surface area contributed by atoms with Gasteiger partial charge in [0.15, 0.2) is 5.17 Å². The van der Waals surface area contributed by atoms with Gasteiger partial charge in [-0.2, -0.15) is 0 Å². The molecule has 1 heterocycles. The number of rotatable bonds is 2. The van der Waals surface area contributed by atoms with Crippen LogP contribution >= 0.6 is 27.7 Å². The first-order valence-corrected chi connectivity index (χ1v) is 8.49. The minimum Gasteiger partial charge on any atom is -0.497 e. The maximum absolute atomic E-state index is 5.27. The van der Waals surface area contributed by atoms with Crippen LogP contribution in [0.5, 0.6) is 5.75 Å². The van der Waals surface area contributed by atoms with E-state index in [9.17, 15) is 0 Å². The molecule has 1 atom stereocenters. The van der Waals surface area contributed by atoms with Crippen LogP contribution in [0.3, 0.4) is 0 Å². The Morgan fingerprint density at radius 1 is 1.40 bits per heavy atom. The summed E-state index contributed by atoms with van der Waals surface area (Å²) >= 11 is 5.34. The van der Waals surface area contributed by atoms with Crippen molar-refractivity contribution in [3.8, 4) is 5.75 Å². The Labute approximate surface area is 133 Å². The monoisotopic (exact) mass is 356 g/mol. The second kappa shape index (κ2) is 6.39. The third-order valence-electron chi connectivity index (χ3n) is 3.32. The molecule has 2 rings (SSSR count). The number of methoxy groups -OCH3 is 1. The van der Waals surface area contributed by atoms with E-state index < -0.39 is 0 Å². The van der Waals surface area contributed by atoms with E-state index in [1.807, 2.05) is 18.2 Å². The lowest BCUT2D eigenvalue weighted by atomic mass is 9.85. The molecule has 1 aliphatic rings. The molecule has 0 aliphatic carbocycles. The molecule has 0 fully saturated rings. The molecule has 0 aromatic heterocycles. The highest BCUT2D eigenvalue weighted by Crippen LogP contribution is 2.33. The van der Waals surface area contributed by atoms with Gasteiger partial charge >= 0.3 is 0 Å². The summed E-state index contributed by atoms with van der Waals surface area (Å²) in [6, 6.07) is 6.27. The van der Waals surface area contributed by atoms with E-state index in [0.29, 0.717) is 6.04 Å². The van der Waals surface area contributed by atoms with Crippen molar-refractivity contribution in [2.45, 2.75) is 33.2 Å². The zero-order valence-electron chi connectivity index (χ0n) is 12.4. The standard InChI is InChI=1S/C15H21BrN2OS/c1-15(2,3)13-7-8-20-14(18-13)17-12-9-10(19-4)5-6-11(12)16/h5-6,9,13H,7-8H2,1-4H3,(H,17,18). The van der Waals surface area contributed by atoms with Gasteiger partial charge in [0.05, 0.1) is 18.8 Å². The SMILES string of the molecule is COc1ccc(Br)c(NC2=NC(C(C)(C)C)CCS2)c1. The van der Waals surface area contributed by atoms with Crippen LogP contribution in [0, 0.1) is 5.41 Å². The van der Waals surface area contributed by atoms with Crippen LogP contribution in [0.15, 0.2) is 27.7 Å². The van der Waals surface area contributed by atoms with Gasteiger partial charge in [0.25, 0.3) is 0 Å². The summed E-state index contributed by atoms with van der Waals surface area (Å²) in [6.07, 6.45) is 1.14. The summed E-state index contributed by atoms with van der Waals surface area (Å²) < 4.78 is 6.28. The third-order valence-corrected chi connectivity index (χ3v) is 4.93. The summed E-state index contributed by atoms with van der Waals surface area (Å²) in [4.78, 5) is 4.85. The van der Waals surface area contributed by atoms with Gasteiger partial charge in [0.2, 0.25) is 0 Å². The fourth-order valence-corrected chi connectivity index (χ4v) is 3.31. The summed E-state index contributed by atoms with van der Waals surface area (Å²) in [6.45, 7) is 6.74. The van der Waals surface area contributed by atoms with Crippen LogP contribution in [0.1, 0.15) is 27.2 Å². The van der Waals surface area contributed by atoms with E-state index in [1.165, 1.54) is 0 Å². The maximum atomic E-state index is 5.27. The Balaban J connectivity index is 2.19. The van der Waals surface area contributed by atoms with Gasteiger partial charge in [-0.3, -0.25) is 4.99 Å². The molecule has 0 amide bonds. The van der Waals surface area contributed by atoms with Crippen LogP contribution in [-0.4, -0.2) is 24.1 Å². The number of hydrogen-bond acceptors (Lipinski definition) is 4. The Bertz CT molecular complexity index is 511. The normalized spacial score (nSPS) is 19.4. The number of thioether (sulfide) groups is 1. The van der Waals surface area contributed by atoms with Crippen molar-refractivity contribution in [3.63, 3.8) is 0 Å². The number of benzene rings is 1. The Kier molecular flexibility index (Phi) is 5.02. The molecule has 110 valence electrons. The molecule has 1 N–H and O–H groups in total. The number of nitrogens with one attached hydrogen (secondary N) is 1. The number of anilines is 1. The van der Waals surface area contributed by atoms with Crippen molar-refractivity contribution in [2.24, 2.45) is 10.4 Å². The number of ether oxygens (including phenoxy) is 1. The molecule has 0 bridgehead atoms. The number of hydrogen-bond donors (Lipinski definition) is 1. The predicted octanol–water partition coefficient (Wildman–Crippen LogP) is 4.78. The zero-order valence-corrected chi connectivity index (χ0v) is 14.8. The number of amidine groups is 1. The maximum Gasteiger partial charge on any atom is 0.161 e. The molecule has 0 radical (unpaired) electrons. The van der Waals surface area contributed by atoms with Gasteiger partial charge in [0.1, 0.15) is 5.75 Å². The molecule has 1 unspecified atom stereocenters. The molecule has 3 nitrogen and oxygen atoms in total. The van der Waals surface area contributed by atoms with Gasteiger partial charge in [-0.25, -0.2) is 0 Å². The molecule has 0 saturated heterocycles. The lowest BCUT2D eigenvalue weighted by molar-refractivity contribution is 0.316. The van der Waals surface area contributed by atoms with Crippen LogP contribution in [0.4, 0.5) is 5.69 Å². The molecule has 1 aliphatic heterocycles. The van der Waals surface area contributed by atoms with E-state index >= 15 is 0 Å². The smallest absolute Gasteiger partial charge is 0.161 e.